The lowest BCUT2D eigenvalue weighted by Gasteiger charge is -2.23. The van der Waals surface area contributed by atoms with Crippen LogP contribution < -0.4 is 0 Å². The van der Waals surface area contributed by atoms with Crippen molar-refractivity contribution in [2.24, 2.45) is 0 Å². The number of hydrogen-bond acceptors (Lipinski definition) is 0. The van der Waals surface area contributed by atoms with E-state index >= 15 is 0 Å². The summed E-state index contributed by atoms with van der Waals surface area (Å²) >= 11 is 0. The van der Waals surface area contributed by atoms with Gasteiger partial charge < -0.3 is 0 Å². The fourth-order valence-corrected chi connectivity index (χ4v) is 7.49. The lowest BCUT2D eigenvalue weighted by molar-refractivity contribution is 0.828. The van der Waals surface area contributed by atoms with Crippen molar-refractivity contribution >= 4 is 38.4 Å². The van der Waals surface area contributed by atoms with E-state index in [1.165, 1.54) is 82.4 Å². The maximum absolute atomic E-state index is 2.48. The Morgan fingerprint density at radius 3 is 1.74 bits per heavy atom. The van der Waals surface area contributed by atoms with E-state index in [-0.39, 0.29) is 0 Å². The molecule has 0 heteroatoms. The Morgan fingerprint density at radius 1 is 0.391 bits per heavy atom. The summed E-state index contributed by atoms with van der Waals surface area (Å²) < 4.78 is 0. The van der Waals surface area contributed by atoms with Crippen LogP contribution in [0, 0.1) is 0 Å². The van der Waals surface area contributed by atoms with Gasteiger partial charge in [-0.2, -0.15) is 0 Å². The summed E-state index contributed by atoms with van der Waals surface area (Å²) in [5.41, 5.74) is 11.7. The first-order valence-corrected chi connectivity index (χ1v) is 16.2. The molecule has 0 spiro atoms. The SMILES string of the molecule is C1=CC(c2ccc3c(-c4ccccc4)c4cc(-c5ccc6ccccc6c5)ccc4c(-c4ccccc4)c3c2)Cc2ccccc21. The summed E-state index contributed by atoms with van der Waals surface area (Å²) in [6.07, 6.45) is 5.71. The zero-order valence-electron chi connectivity index (χ0n) is 25.5. The van der Waals surface area contributed by atoms with E-state index in [1.54, 1.807) is 0 Å². The Hall–Kier alpha value is -5.72. The minimum Gasteiger partial charge on any atom is -0.0761 e. The second kappa shape index (κ2) is 11.0. The maximum atomic E-state index is 2.48. The van der Waals surface area contributed by atoms with E-state index in [0.717, 1.165) is 6.42 Å². The number of benzene rings is 8. The van der Waals surface area contributed by atoms with Crippen LogP contribution in [0.25, 0.3) is 71.8 Å². The number of allylic oxidation sites excluding steroid dienone is 1. The quantitative estimate of drug-likeness (QED) is 0.181. The molecule has 0 N–H and O–H groups in total. The van der Waals surface area contributed by atoms with Gasteiger partial charge in [-0.3, -0.25) is 0 Å². The Balaban J connectivity index is 1.33. The largest absolute Gasteiger partial charge is 0.0761 e. The third kappa shape index (κ3) is 4.54. The van der Waals surface area contributed by atoms with Gasteiger partial charge in [0.1, 0.15) is 0 Å². The van der Waals surface area contributed by atoms with Crippen molar-refractivity contribution < 1.29 is 0 Å². The Kier molecular flexibility index (Phi) is 6.39. The van der Waals surface area contributed by atoms with Crippen molar-refractivity contribution in [3.63, 3.8) is 0 Å². The Bertz CT molecular complexity index is 2430. The van der Waals surface area contributed by atoms with Crippen molar-refractivity contribution in [3.05, 3.63) is 187 Å². The number of hydrogen-bond donors (Lipinski definition) is 0. The summed E-state index contributed by atoms with van der Waals surface area (Å²) in [6, 6.07) is 60.4. The smallest absolute Gasteiger partial charge is 0.00621 e. The lowest BCUT2D eigenvalue weighted by atomic mass is 9.81. The highest BCUT2D eigenvalue weighted by Crippen LogP contribution is 2.46. The summed E-state index contributed by atoms with van der Waals surface area (Å²) in [5, 5.41) is 7.68. The van der Waals surface area contributed by atoms with Crippen LogP contribution in [0.1, 0.15) is 22.6 Å². The topological polar surface area (TPSA) is 0 Å². The standard InChI is InChI=1S/C46H32/c1-3-13-33(14-4-1)45-41-25-23-40(38-22-20-32-12-8-10-18-36(32)28-38)30-44(41)46(34-15-5-2-6-16-34)42-26-24-39(29-43(42)45)37-21-19-31-11-7-9-17-35(31)27-37/h1-27,29-30,38H,28H2. The van der Waals surface area contributed by atoms with E-state index in [2.05, 4.69) is 176 Å². The second-order valence-corrected chi connectivity index (χ2v) is 12.5. The Labute approximate surface area is 269 Å². The van der Waals surface area contributed by atoms with Crippen LogP contribution in [0.2, 0.25) is 0 Å². The molecule has 1 aliphatic carbocycles. The van der Waals surface area contributed by atoms with Gasteiger partial charge in [-0.05, 0) is 107 Å². The monoisotopic (exact) mass is 584 g/mol. The molecule has 0 radical (unpaired) electrons. The number of fused-ring (bicyclic) bond motifs is 4. The summed E-state index contributed by atoms with van der Waals surface area (Å²) in [6.45, 7) is 0. The second-order valence-electron chi connectivity index (χ2n) is 12.5. The van der Waals surface area contributed by atoms with E-state index in [4.69, 9.17) is 0 Å². The van der Waals surface area contributed by atoms with Crippen LogP contribution in [0.15, 0.2) is 170 Å². The van der Waals surface area contributed by atoms with Gasteiger partial charge in [0.25, 0.3) is 0 Å². The molecule has 8 aromatic rings. The van der Waals surface area contributed by atoms with Gasteiger partial charge in [0.15, 0.2) is 0 Å². The first-order chi connectivity index (χ1) is 22.8. The van der Waals surface area contributed by atoms with Gasteiger partial charge in [-0.1, -0.05) is 158 Å². The molecule has 0 saturated carbocycles. The Morgan fingerprint density at radius 2 is 0.978 bits per heavy atom. The average molecular weight is 585 g/mol. The molecular formula is C46H32. The van der Waals surface area contributed by atoms with Crippen molar-refractivity contribution in [2.75, 3.05) is 0 Å². The lowest BCUT2D eigenvalue weighted by Crippen LogP contribution is -2.05. The molecule has 8 aromatic carbocycles. The van der Waals surface area contributed by atoms with Gasteiger partial charge in [-0.15, -0.1) is 0 Å². The molecule has 0 aliphatic heterocycles. The summed E-state index contributed by atoms with van der Waals surface area (Å²) in [4.78, 5) is 0. The minimum absolute atomic E-state index is 0.342. The van der Waals surface area contributed by atoms with Crippen molar-refractivity contribution in [2.45, 2.75) is 12.3 Å². The van der Waals surface area contributed by atoms with Crippen LogP contribution in [0.5, 0.6) is 0 Å². The molecule has 1 unspecified atom stereocenters. The highest BCUT2D eigenvalue weighted by molar-refractivity contribution is 6.22. The third-order valence-electron chi connectivity index (χ3n) is 9.78. The summed E-state index contributed by atoms with van der Waals surface area (Å²) in [7, 11) is 0. The molecule has 0 bridgehead atoms. The molecule has 0 saturated heterocycles. The minimum atomic E-state index is 0.342. The first-order valence-electron chi connectivity index (χ1n) is 16.2. The zero-order chi connectivity index (χ0) is 30.5. The van der Waals surface area contributed by atoms with Gasteiger partial charge in [0.05, 0.1) is 0 Å². The molecule has 46 heavy (non-hydrogen) atoms. The van der Waals surface area contributed by atoms with Crippen LogP contribution in [-0.4, -0.2) is 0 Å². The van der Waals surface area contributed by atoms with Gasteiger partial charge in [0.2, 0.25) is 0 Å². The van der Waals surface area contributed by atoms with E-state index in [1.807, 2.05) is 0 Å². The molecule has 0 amide bonds. The molecule has 1 aliphatic rings. The zero-order valence-corrected chi connectivity index (χ0v) is 25.5. The van der Waals surface area contributed by atoms with Crippen molar-refractivity contribution in [1.29, 1.82) is 0 Å². The summed E-state index contributed by atoms with van der Waals surface area (Å²) in [5.74, 6) is 0.342. The van der Waals surface area contributed by atoms with Crippen LogP contribution in [-0.2, 0) is 6.42 Å². The molecule has 9 rings (SSSR count). The van der Waals surface area contributed by atoms with Crippen molar-refractivity contribution in [3.8, 4) is 33.4 Å². The van der Waals surface area contributed by atoms with Gasteiger partial charge in [0, 0.05) is 5.92 Å². The third-order valence-corrected chi connectivity index (χ3v) is 9.78. The normalized spacial score (nSPS) is 14.1. The molecule has 1 atom stereocenters. The molecule has 0 aromatic heterocycles. The highest BCUT2D eigenvalue weighted by Gasteiger charge is 2.21. The van der Waals surface area contributed by atoms with Crippen molar-refractivity contribution in [1.82, 2.24) is 0 Å². The maximum Gasteiger partial charge on any atom is 0.00621 e. The number of rotatable bonds is 4. The van der Waals surface area contributed by atoms with Crippen LogP contribution >= 0.6 is 0 Å². The molecule has 216 valence electrons. The molecule has 0 fully saturated rings. The molecule has 0 nitrogen and oxygen atoms in total. The van der Waals surface area contributed by atoms with E-state index in [9.17, 15) is 0 Å². The highest BCUT2D eigenvalue weighted by atomic mass is 14.2. The van der Waals surface area contributed by atoms with E-state index < -0.39 is 0 Å². The van der Waals surface area contributed by atoms with Gasteiger partial charge in [-0.25, -0.2) is 0 Å². The van der Waals surface area contributed by atoms with Crippen LogP contribution in [0.4, 0.5) is 0 Å². The van der Waals surface area contributed by atoms with Gasteiger partial charge >= 0.3 is 0 Å². The average Bonchev–Trinajstić information content (AvgIpc) is 3.13. The fraction of sp³-hybridized carbons (Fsp3) is 0.0435. The first kappa shape index (κ1) is 26.7. The fourth-order valence-electron chi connectivity index (χ4n) is 7.49. The van der Waals surface area contributed by atoms with E-state index in [0.29, 0.717) is 5.92 Å². The molecule has 0 heterocycles. The predicted octanol–water partition coefficient (Wildman–Crippen LogP) is 12.5. The predicted molar refractivity (Wildman–Crippen MR) is 197 cm³/mol. The molecular weight excluding hydrogens is 553 g/mol. The van der Waals surface area contributed by atoms with Crippen LogP contribution in [0.3, 0.4) is 0 Å².